The third-order valence-corrected chi connectivity index (χ3v) is 3.60. The van der Waals surface area contributed by atoms with Crippen molar-refractivity contribution in [1.29, 1.82) is 0 Å². The van der Waals surface area contributed by atoms with E-state index in [1.807, 2.05) is 0 Å². The summed E-state index contributed by atoms with van der Waals surface area (Å²) in [4.78, 5) is 41.6. The zero-order valence-electron chi connectivity index (χ0n) is 15.8. The van der Waals surface area contributed by atoms with Crippen molar-refractivity contribution >= 4 is 18.3 Å². The number of rotatable bonds is 9. The number of carboxylic acid groups (broad SMARTS) is 2. The van der Waals surface area contributed by atoms with E-state index in [0.29, 0.717) is 11.6 Å². The van der Waals surface area contributed by atoms with Crippen molar-refractivity contribution < 1.29 is 29.6 Å². The maximum atomic E-state index is 10.9. The minimum atomic E-state index is -1.04. The number of aliphatic carboxylic acids is 2. The van der Waals surface area contributed by atoms with Crippen LogP contribution in [-0.4, -0.2) is 66.8 Å². The highest BCUT2D eigenvalue weighted by Crippen LogP contribution is 2.03. The fourth-order valence-corrected chi connectivity index (χ4v) is 1.99. The summed E-state index contributed by atoms with van der Waals surface area (Å²) in [5, 5.41) is 17.4. The topological polar surface area (TPSA) is 167 Å². The van der Waals surface area contributed by atoms with Crippen molar-refractivity contribution in [2.75, 3.05) is 7.11 Å². The van der Waals surface area contributed by atoms with Crippen LogP contribution in [0.5, 0.6) is 0 Å². The fraction of sp³-hybridized carbons (Fsp3) is 0.438. The lowest BCUT2D eigenvalue weighted by molar-refractivity contribution is -0.188. The Labute approximate surface area is 161 Å². The molecule has 2 heterocycles. The predicted octanol–water partition coefficient (Wildman–Crippen LogP) is -0.603. The summed E-state index contributed by atoms with van der Waals surface area (Å²) in [6, 6.07) is -1.80. The Hall–Kier alpha value is -3.25. The first-order valence-corrected chi connectivity index (χ1v) is 8.11. The van der Waals surface area contributed by atoms with Gasteiger partial charge in [0.15, 0.2) is 6.04 Å². The van der Waals surface area contributed by atoms with Gasteiger partial charge in [-0.3, -0.25) is 4.79 Å². The Morgan fingerprint density at radius 1 is 1.14 bits per heavy atom. The number of hydrogen-bond acceptors (Lipinski definition) is 8. The lowest BCUT2D eigenvalue weighted by atomic mass is 10.2. The van der Waals surface area contributed by atoms with E-state index in [2.05, 4.69) is 24.7 Å². The quantitative estimate of drug-likeness (QED) is 0.217. The minimum absolute atomic E-state index is 0.197. The van der Waals surface area contributed by atoms with E-state index in [1.54, 1.807) is 48.0 Å². The van der Waals surface area contributed by atoms with Gasteiger partial charge in [-0.1, -0.05) is 0 Å². The van der Waals surface area contributed by atoms with Gasteiger partial charge < -0.3 is 30.0 Å². The zero-order valence-corrected chi connectivity index (χ0v) is 15.8. The van der Waals surface area contributed by atoms with Gasteiger partial charge in [-0.15, -0.1) is 0 Å². The molecule has 28 heavy (non-hydrogen) atoms. The summed E-state index contributed by atoms with van der Waals surface area (Å²) in [5.41, 5.74) is 5.32. The van der Waals surface area contributed by atoms with E-state index < -0.39 is 24.0 Å². The average Bonchev–Trinajstić information content (AvgIpc) is 3.23. The van der Waals surface area contributed by atoms with Gasteiger partial charge in [-0.2, -0.15) is 4.89 Å². The standard InChI is InChI=1S/C9H13N3O4.C7H11N3O2/c1-12-4-3-10-8(12)5-7(9(13)14)11-6-16-15-2;1-10-3-2-9-6(10)4-5(8)7(11)12/h3-4,6-7H,5H2,1-2H3,(H,13,14);2-3,5H,4,8H2,1H3,(H,11,12)/t7-;5-/m00/s1. The minimum Gasteiger partial charge on any atom is -0.480 e. The van der Waals surface area contributed by atoms with Crippen LogP contribution >= 0.6 is 0 Å². The molecule has 0 saturated heterocycles. The van der Waals surface area contributed by atoms with Crippen LogP contribution in [0.2, 0.25) is 0 Å². The summed E-state index contributed by atoms with van der Waals surface area (Å²) in [6.07, 6.45) is 8.13. The van der Waals surface area contributed by atoms with Crippen LogP contribution in [0.4, 0.5) is 0 Å². The molecule has 0 amide bonds. The molecule has 2 aromatic heterocycles. The van der Waals surface area contributed by atoms with Crippen LogP contribution < -0.4 is 5.73 Å². The van der Waals surface area contributed by atoms with Crippen LogP contribution in [0.3, 0.4) is 0 Å². The number of aliphatic imine (C=N–C) groups is 1. The third kappa shape index (κ3) is 7.55. The molecule has 0 aromatic carbocycles. The summed E-state index contributed by atoms with van der Waals surface area (Å²) in [7, 11) is 4.90. The highest BCUT2D eigenvalue weighted by molar-refractivity contribution is 5.75. The molecule has 2 rings (SSSR count). The number of aromatic nitrogens is 4. The van der Waals surface area contributed by atoms with E-state index in [1.165, 1.54) is 7.11 Å². The lowest BCUT2D eigenvalue weighted by Gasteiger charge is -2.06. The first kappa shape index (κ1) is 22.8. The van der Waals surface area contributed by atoms with Gasteiger partial charge in [0.1, 0.15) is 17.7 Å². The molecule has 0 saturated carbocycles. The van der Waals surface area contributed by atoms with E-state index in [-0.39, 0.29) is 12.8 Å². The normalized spacial score (nSPS) is 12.9. The third-order valence-electron chi connectivity index (χ3n) is 3.60. The average molecular weight is 396 g/mol. The highest BCUT2D eigenvalue weighted by atomic mass is 17.2. The second-order valence-corrected chi connectivity index (χ2v) is 5.63. The second kappa shape index (κ2) is 11.5. The molecule has 0 aliphatic rings. The highest BCUT2D eigenvalue weighted by Gasteiger charge is 2.18. The van der Waals surface area contributed by atoms with E-state index in [4.69, 9.17) is 15.9 Å². The molecule has 0 bridgehead atoms. The van der Waals surface area contributed by atoms with E-state index in [9.17, 15) is 9.59 Å². The first-order chi connectivity index (χ1) is 13.3. The SMILES string of the molecule is COOC=N[C@@H](Cc1nccn1C)C(=O)O.Cn1ccnc1C[C@H](N)C(=O)O. The van der Waals surface area contributed by atoms with Gasteiger partial charge in [0.25, 0.3) is 0 Å². The molecule has 2 atom stereocenters. The maximum absolute atomic E-state index is 10.9. The van der Waals surface area contributed by atoms with Gasteiger partial charge in [0.2, 0.25) is 6.40 Å². The van der Waals surface area contributed by atoms with Crippen LogP contribution in [0.15, 0.2) is 29.8 Å². The number of imidazole rings is 2. The Morgan fingerprint density at radius 2 is 1.68 bits per heavy atom. The monoisotopic (exact) mass is 396 g/mol. The zero-order chi connectivity index (χ0) is 21.1. The summed E-state index contributed by atoms with van der Waals surface area (Å²) in [5.74, 6) is -0.719. The Kier molecular flexibility index (Phi) is 9.33. The van der Waals surface area contributed by atoms with Crippen molar-refractivity contribution in [3.63, 3.8) is 0 Å². The predicted molar refractivity (Wildman–Crippen MR) is 97.4 cm³/mol. The molecular weight excluding hydrogens is 372 g/mol. The molecule has 0 aliphatic carbocycles. The molecule has 12 heteroatoms. The largest absolute Gasteiger partial charge is 0.480 e. The van der Waals surface area contributed by atoms with Crippen molar-refractivity contribution in [2.24, 2.45) is 24.8 Å². The van der Waals surface area contributed by atoms with Gasteiger partial charge in [-0.05, 0) is 0 Å². The molecule has 0 radical (unpaired) electrons. The van der Waals surface area contributed by atoms with Crippen LogP contribution in [0, 0.1) is 0 Å². The molecule has 0 unspecified atom stereocenters. The van der Waals surface area contributed by atoms with Crippen molar-refractivity contribution in [3.05, 3.63) is 36.4 Å². The molecule has 0 fully saturated rings. The van der Waals surface area contributed by atoms with Gasteiger partial charge >= 0.3 is 11.9 Å². The Balaban J connectivity index is 0.000000292. The van der Waals surface area contributed by atoms with Crippen LogP contribution in [0.25, 0.3) is 0 Å². The van der Waals surface area contributed by atoms with Gasteiger partial charge in [0.05, 0.1) is 7.11 Å². The van der Waals surface area contributed by atoms with Crippen molar-refractivity contribution in [2.45, 2.75) is 24.9 Å². The summed E-state index contributed by atoms with van der Waals surface area (Å²) < 4.78 is 3.49. The van der Waals surface area contributed by atoms with E-state index >= 15 is 0 Å². The molecule has 154 valence electrons. The van der Waals surface area contributed by atoms with Gasteiger partial charge in [0, 0.05) is 51.7 Å². The van der Waals surface area contributed by atoms with Gasteiger partial charge in [-0.25, -0.2) is 19.8 Å². The lowest BCUT2D eigenvalue weighted by Crippen LogP contribution is -2.33. The molecule has 4 N–H and O–H groups in total. The maximum Gasteiger partial charge on any atom is 0.329 e. The number of nitrogens with zero attached hydrogens (tertiary/aromatic N) is 5. The number of carboxylic acids is 2. The van der Waals surface area contributed by atoms with Crippen molar-refractivity contribution in [1.82, 2.24) is 19.1 Å². The van der Waals surface area contributed by atoms with Crippen LogP contribution in [-0.2, 0) is 46.3 Å². The molecule has 12 nitrogen and oxygen atoms in total. The number of nitrogens with two attached hydrogens (primary N) is 1. The summed E-state index contributed by atoms with van der Waals surface area (Å²) in [6.45, 7) is 0. The number of carbonyl (C=O) groups is 2. The number of aryl methyl sites for hydroxylation is 2. The summed E-state index contributed by atoms with van der Waals surface area (Å²) >= 11 is 0. The molecule has 2 aromatic rings. The van der Waals surface area contributed by atoms with Crippen molar-refractivity contribution in [3.8, 4) is 0 Å². The second-order valence-electron chi connectivity index (χ2n) is 5.63. The first-order valence-electron chi connectivity index (χ1n) is 8.11. The molecular formula is C16H24N6O6. The molecule has 0 aliphatic heterocycles. The fourth-order valence-electron chi connectivity index (χ4n) is 1.99. The molecule has 0 spiro atoms. The smallest absolute Gasteiger partial charge is 0.329 e. The van der Waals surface area contributed by atoms with E-state index in [0.717, 1.165) is 6.40 Å². The Morgan fingerprint density at radius 3 is 2.07 bits per heavy atom. The van der Waals surface area contributed by atoms with Crippen LogP contribution in [0.1, 0.15) is 11.6 Å². The number of hydrogen-bond donors (Lipinski definition) is 3. The Bertz CT molecular complexity index is 786.